The van der Waals surface area contributed by atoms with Crippen LogP contribution in [0.4, 0.5) is 0 Å². The number of likely N-dealkylation sites (tertiary alicyclic amines) is 1. The van der Waals surface area contributed by atoms with E-state index in [2.05, 4.69) is 37.9 Å². The summed E-state index contributed by atoms with van der Waals surface area (Å²) in [6.07, 6.45) is 5.40. The Hall–Kier alpha value is -0.0800. The van der Waals surface area contributed by atoms with Crippen molar-refractivity contribution < 1.29 is 0 Å². The van der Waals surface area contributed by atoms with Crippen LogP contribution in [0, 0.1) is 5.41 Å². The summed E-state index contributed by atoms with van der Waals surface area (Å²) in [5.74, 6) is 0. The second-order valence-electron chi connectivity index (χ2n) is 6.43. The summed E-state index contributed by atoms with van der Waals surface area (Å²) >= 11 is 0. The average molecular weight is 226 g/mol. The number of hydrogen-bond acceptors (Lipinski definition) is 2. The predicted molar refractivity (Wildman–Crippen MR) is 71.8 cm³/mol. The van der Waals surface area contributed by atoms with E-state index in [1.54, 1.807) is 0 Å². The first-order valence-electron chi connectivity index (χ1n) is 6.97. The zero-order valence-electron chi connectivity index (χ0n) is 11.7. The monoisotopic (exact) mass is 226 g/mol. The summed E-state index contributed by atoms with van der Waals surface area (Å²) in [5, 5.41) is 3.73. The van der Waals surface area contributed by atoms with Gasteiger partial charge in [0.25, 0.3) is 0 Å². The van der Waals surface area contributed by atoms with Gasteiger partial charge in [-0.2, -0.15) is 0 Å². The molecule has 1 heterocycles. The molecule has 1 atom stereocenters. The van der Waals surface area contributed by atoms with Gasteiger partial charge in [-0.3, -0.25) is 0 Å². The number of piperidine rings is 1. The topological polar surface area (TPSA) is 15.3 Å². The van der Waals surface area contributed by atoms with E-state index in [1.165, 1.54) is 45.3 Å². The third kappa shape index (κ3) is 5.86. The molecule has 1 unspecified atom stereocenters. The molecule has 0 aromatic carbocycles. The van der Waals surface area contributed by atoms with Gasteiger partial charge in [0.2, 0.25) is 0 Å². The molecule has 0 bridgehead atoms. The Kier molecular flexibility index (Phi) is 5.77. The van der Waals surface area contributed by atoms with E-state index in [0.29, 0.717) is 5.41 Å². The van der Waals surface area contributed by atoms with Crippen LogP contribution in [-0.2, 0) is 0 Å². The summed E-state index contributed by atoms with van der Waals surface area (Å²) in [7, 11) is 0. The molecular formula is C14H30N2. The van der Waals surface area contributed by atoms with Crippen LogP contribution in [0.15, 0.2) is 0 Å². The highest BCUT2D eigenvalue weighted by Crippen LogP contribution is 2.14. The van der Waals surface area contributed by atoms with Crippen molar-refractivity contribution in [2.45, 2.75) is 59.4 Å². The first-order valence-corrected chi connectivity index (χ1v) is 6.97. The van der Waals surface area contributed by atoms with E-state index < -0.39 is 0 Å². The summed E-state index contributed by atoms with van der Waals surface area (Å²) in [6.45, 7) is 14.2. The minimum atomic E-state index is 0.408. The van der Waals surface area contributed by atoms with E-state index in [0.717, 1.165) is 12.6 Å². The fraction of sp³-hybridized carbons (Fsp3) is 1.00. The quantitative estimate of drug-likeness (QED) is 0.775. The van der Waals surface area contributed by atoms with Crippen LogP contribution < -0.4 is 5.32 Å². The van der Waals surface area contributed by atoms with E-state index in [-0.39, 0.29) is 0 Å². The standard InChI is InChI=1S/C14H30N2/c1-5-6-9-16-10-7-8-13(11-16)15-12-14(2,3)4/h13,15H,5-12H2,1-4H3. The molecule has 0 spiro atoms. The van der Waals surface area contributed by atoms with Crippen molar-refractivity contribution in [2.75, 3.05) is 26.2 Å². The SMILES string of the molecule is CCCCN1CCCC(NCC(C)(C)C)C1. The molecule has 16 heavy (non-hydrogen) atoms. The Morgan fingerprint density at radius 1 is 1.31 bits per heavy atom. The smallest absolute Gasteiger partial charge is 0.0195 e. The third-order valence-corrected chi connectivity index (χ3v) is 3.25. The highest BCUT2D eigenvalue weighted by molar-refractivity contribution is 4.79. The lowest BCUT2D eigenvalue weighted by Gasteiger charge is -2.34. The predicted octanol–water partition coefficient (Wildman–Crippen LogP) is 2.89. The fourth-order valence-electron chi connectivity index (χ4n) is 2.26. The second kappa shape index (κ2) is 6.61. The second-order valence-corrected chi connectivity index (χ2v) is 6.43. The molecule has 1 aliphatic heterocycles. The lowest BCUT2D eigenvalue weighted by Crippen LogP contribution is -2.47. The van der Waals surface area contributed by atoms with Crippen LogP contribution in [0.2, 0.25) is 0 Å². The molecule has 1 aliphatic rings. The van der Waals surface area contributed by atoms with E-state index >= 15 is 0 Å². The lowest BCUT2D eigenvalue weighted by molar-refractivity contribution is 0.180. The molecule has 0 aliphatic carbocycles. The molecule has 0 aromatic rings. The normalized spacial score (nSPS) is 23.6. The largest absolute Gasteiger partial charge is 0.312 e. The highest BCUT2D eigenvalue weighted by atomic mass is 15.2. The van der Waals surface area contributed by atoms with Crippen molar-refractivity contribution in [3.63, 3.8) is 0 Å². The van der Waals surface area contributed by atoms with Gasteiger partial charge in [-0.1, -0.05) is 34.1 Å². The molecule has 2 heteroatoms. The van der Waals surface area contributed by atoms with Gasteiger partial charge in [0.1, 0.15) is 0 Å². The first kappa shape index (κ1) is 14.0. The molecule has 0 amide bonds. The Morgan fingerprint density at radius 2 is 2.06 bits per heavy atom. The number of nitrogens with zero attached hydrogens (tertiary/aromatic N) is 1. The zero-order chi connectivity index (χ0) is 12.0. The molecule has 1 saturated heterocycles. The highest BCUT2D eigenvalue weighted by Gasteiger charge is 2.20. The van der Waals surface area contributed by atoms with Crippen LogP contribution in [0.25, 0.3) is 0 Å². The fourth-order valence-corrected chi connectivity index (χ4v) is 2.26. The van der Waals surface area contributed by atoms with Gasteiger partial charge in [-0.05, 0) is 37.8 Å². The summed E-state index contributed by atoms with van der Waals surface area (Å²) in [4.78, 5) is 2.63. The molecule has 0 radical (unpaired) electrons. The van der Waals surface area contributed by atoms with Crippen molar-refractivity contribution in [1.29, 1.82) is 0 Å². The minimum Gasteiger partial charge on any atom is -0.312 e. The van der Waals surface area contributed by atoms with Crippen molar-refractivity contribution in [3.05, 3.63) is 0 Å². The van der Waals surface area contributed by atoms with E-state index in [1.807, 2.05) is 0 Å². The minimum absolute atomic E-state index is 0.408. The average Bonchev–Trinajstić information content (AvgIpc) is 2.23. The molecule has 2 nitrogen and oxygen atoms in total. The molecule has 0 aromatic heterocycles. The van der Waals surface area contributed by atoms with Crippen molar-refractivity contribution in [2.24, 2.45) is 5.41 Å². The summed E-state index contributed by atoms with van der Waals surface area (Å²) in [6, 6.07) is 0.727. The summed E-state index contributed by atoms with van der Waals surface area (Å²) < 4.78 is 0. The molecule has 1 rings (SSSR count). The van der Waals surface area contributed by atoms with Crippen LogP contribution >= 0.6 is 0 Å². The number of unbranched alkanes of at least 4 members (excludes halogenated alkanes) is 1. The maximum Gasteiger partial charge on any atom is 0.0195 e. The molecular weight excluding hydrogens is 196 g/mol. The molecule has 1 N–H and O–H groups in total. The zero-order valence-corrected chi connectivity index (χ0v) is 11.7. The van der Waals surface area contributed by atoms with Crippen molar-refractivity contribution >= 4 is 0 Å². The third-order valence-electron chi connectivity index (χ3n) is 3.25. The van der Waals surface area contributed by atoms with Crippen LogP contribution in [0.3, 0.4) is 0 Å². The van der Waals surface area contributed by atoms with Crippen LogP contribution in [0.1, 0.15) is 53.4 Å². The van der Waals surface area contributed by atoms with Crippen LogP contribution in [-0.4, -0.2) is 37.1 Å². The van der Waals surface area contributed by atoms with Gasteiger partial charge in [-0.15, -0.1) is 0 Å². The number of nitrogens with one attached hydrogen (secondary N) is 1. The molecule has 0 saturated carbocycles. The molecule has 96 valence electrons. The Labute approximate surface area is 102 Å². The van der Waals surface area contributed by atoms with Crippen molar-refractivity contribution in [3.8, 4) is 0 Å². The van der Waals surface area contributed by atoms with Crippen LogP contribution in [0.5, 0.6) is 0 Å². The Bertz CT molecular complexity index is 184. The summed E-state index contributed by atoms with van der Waals surface area (Å²) in [5.41, 5.74) is 0.408. The van der Waals surface area contributed by atoms with Gasteiger partial charge in [-0.25, -0.2) is 0 Å². The van der Waals surface area contributed by atoms with Gasteiger partial charge in [0, 0.05) is 19.1 Å². The number of hydrogen-bond donors (Lipinski definition) is 1. The maximum absolute atomic E-state index is 3.73. The van der Waals surface area contributed by atoms with Gasteiger partial charge >= 0.3 is 0 Å². The van der Waals surface area contributed by atoms with Gasteiger partial charge in [0.15, 0.2) is 0 Å². The van der Waals surface area contributed by atoms with Gasteiger partial charge in [0.05, 0.1) is 0 Å². The van der Waals surface area contributed by atoms with Crippen molar-refractivity contribution in [1.82, 2.24) is 10.2 Å². The van der Waals surface area contributed by atoms with E-state index in [9.17, 15) is 0 Å². The Balaban J connectivity index is 2.22. The molecule has 1 fully saturated rings. The Morgan fingerprint density at radius 3 is 2.69 bits per heavy atom. The van der Waals surface area contributed by atoms with Gasteiger partial charge < -0.3 is 10.2 Å². The first-order chi connectivity index (χ1) is 7.51. The van der Waals surface area contributed by atoms with E-state index in [4.69, 9.17) is 0 Å². The maximum atomic E-state index is 3.73. The number of rotatable bonds is 5. The lowest BCUT2D eigenvalue weighted by atomic mass is 9.95.